The molecule has 115 heavy (non-hydrogen) atoms. The number of hydrogen-bond donors (Lipinski definition) is 30. The fourth-order valence-corrected chi connectivity index (χ4v) is 11.4. The zero-order valence-electron chi connectivity index (χ0n) is 64.0. The molecule has 1 unspecified atom stereocenters. The van der Waals surface area contributed by atoms with Crippen molar-refractivity contribution in [2.45, 2.75) is 115 Å². The molecule has 0 fully saturated rings. The molecule has 3 aromatic carbocycles. The Hall–Kier alpha value is -7.75. The molecule has 0 saturated heterocycles. The summed E-state index contributed by atoms with van der Waals surface area (Å²) >= 11 is 0. The standard InChI is InChI=1S/C72H117N9O34/c82-25-63(26-83,27-84)74-55(104)16-21-113-47-70(75-54(103)15-4-2-1-3-9-19-73-62(111)115-24-53-51-13-7-5-11-49(51)23-50-12-6-8-14-52(50)53,48-114-22-18-72(59(108)79-67(37-94,38-95)39-96,60(109)80-68(40-97,41-98)42-99)61(110)81-69(43-100,44-101)45-102)46-112-20-10-17-71(56(105)76-64(28-85,29-86)30-87,57(106)77-65(31-88,32-89)33-90)58(107)78-66(34-91,35-92)36-93/h5-8,11-14,23,82-102H,1-4,9-10,15-22,24-48H2,(H,73,111)(H,74,104)(H,75,103)(H,76,105)(H,77,106)(H,78,107)(H,79,108)(H,80,109)(H,81,110). The first-order chi connectivity index (χ1) is 54.9. The van der Waals surface area contributed by atoms with Crippen molar-refractivity contribution in [3.63, 3.8) is 0 Å². The van der Waals surface area contributed by atoms with Gasteiger partial charge in [0.25, 0.3) is 0 Å². The molecule has 3 aromatic rings. The molecule has 0 radical (unpaired) electrons. The molecular weight excluding hydrogens is 1530 g/mol. The lowest BCUT2D eigenvalue weighted by molar-refractivity contribution is -0.161. The Morgan fingerprint density at radius 1 is 0.296 bits per heavy atom. The van der Waals surface area contributed by atoms with Gasteiger partial charge in [0.2, 0.25) is 58.1 Å². The molecule has 9 amide bonds. The van der Waals surface area contributed by atoms with Crippen LogP contribution in [0.15, 0.2) is 54.6 Å². The lowest BCUT2D eigenvalue weighted by atomic mass is 9.77. The van der Waals surface area contributed by atoms with Crippen molar-refractivity contribution >= 4 is 74.9 Å². The van der Waals surface area contributed by atoms with E-state index in [0.717, 1.165) is 27.1 Å². The second kappa shape index (κ2) is 48.8. The van der Waals surface area contributed by atoms with Gasteiger partial charge in [0.1, 0.15) is 50.9 Å². The molecule has 43 heteroatoms. The van der Waals surface area contributed by atoms with Crippen molar-refractivity contribution in [2.75, 3.05) is 185 Å². The van der Waals surface area contributed by atoms with Crippen molar-refractivity contribution in [3.8, 4) is 0 Å². The Labute approximate surface area is 660 Å². The Kier molecular flexibility index (Phi) is 43.1. The minimum atomic E-state index is -3.56. The molecule has 30 N–H and O–H groups in total. The number of carbonyl (C=O) groups is 9. The lowest BCUT2D eigenvalue weighted by Gasteiger charge is -2.40. The Bertz CT molecular complexity index is 3240. The van der Waals surface area contributed by atoms with E-state index in [0.29, 0.717) is 25.7 Å². The van der Waals surface area contributed by atoms with Gasteiger partial charge in [-0.25, -0.2) is 4.79 Å². The summed E-state index contributed by atoms with van der Waals surface area (Å²) in [6.07, 6.45) is -3.15. The van der Waals surface area contributed by atoms with E-state index in [4.69, 9.17) is 18.9 Å². The second-order valence-electron chi connectivity index (χ2n) is 28.8. The summed E-state index contributed by atoms with van der Waals surface area (Å²) in [5.74, 6) is -12.9. The molecular formula is C72H117N9O34. The highest BCUT2D eigenvalue weighted by molar-refractivity contribution is 6.24. The van der Waals surface area contributed by atoms with Crippen molar-refractivity contribution in [2.24, 2.45) is 10.8 Å². The van der Waals surface area contributed by atoms with E-state index < -0.39 is 313 Å². The van der Waals surface area contributed by atoms with E-state index in [9.17, 15) is 150 Å². The number of aliphatic hydroxyl groups excluding tert-OH is 21. The fraction of sp³-hybridized carbons (Fsp3) is 0.681. The maximum absolute atomic E-state index is 15.0. The van der Waals surface area contributed by atoms with Gasteiger partial charge in [0, 0.05) is 44.6 Å². The van der Waals surface area contributed by atoms with Crippen LogP contribution >= 0.6 is 0 Å². The smallest absolute Gasteiger partial charge is 0.407 e. The zero-order chi connectivity index (χ0) is 86.2. The first-order valence-electron chi connectivity index (χ1n) is 36.8. The minimum Gasteiger partial charge on any atom is -0.445 e. The van der Waals surface area contributed by atoms with Crippen LogP contribution in [-0.4, -0.2) is 390 Å². The van der Waals surface area contributed by atoms with Gasteiger partial charge in [-0.15, -0.1) is 0 Å². The molecule has 3 rings (SSSR count). The maximum Gasteiger partial charge on any atom is 0.407 e. The first-order valence-corrected chi connectivity index (χ1v) is 36.8. The van der Waals surface area contributed by atoms with Crippen molar-refractivity contribution in [1.29, 1.82) is 0 Å². The second-order valence-corrected chi connectivity index (χ2v) is 28.8. The number of unbranched alkanes of at least 4 members (excludes halogenated alkanes) is 4. The van der Waals surface area contributed by atoms with Gasteiger partial charge in [-0.3, -0.25) is 38.4 Å². The quantitative estimate of drug-likeness (QED) is 0.0142. The molecule has 0 heterocycles. The Morgan fingerprint density at radius 2 is 0.583 bits per heavy atom. The van der Waals surface area contributed by atoms with Crippen LogP contribution in [0.5, 0.6) is 0 Å². The fourth-order valence-electron chi connectivity index (χ4n) is 11.4. The van der Waals surface area contributed by atoms with E-state index >= 15 is 0 Å². The maximum atomic E-state index is 15.0. The number of aliphatic hydroxyl groups is 21. The minimum absolute atomic E-state index is 0.0357. The van der Waals surface area contributed by atoms with Crippen LogP contribution in [0.3, 0.4) is 0 Å². The largest absolute Gasteiger partial charge is 0.445 e. The molecule has 0 spiro atoms. The van der Waals surface area contributed by atoms with Gasteiger partial charge in [-0.2, -0.15) is 0 Å². The van der Waals surface area contributed by atoms with Gasteiger partial charge in [-0.1, -0.05) is 67.8 Å². The summed E-state index contributed by atoms with van der Waals surface area (Å²) in [6, 6.07) is 17.3. The molecule has 654 valence electrons. The van der Waals surface area contributed by atoms with E-state index in [1.54, 1.807) is 0 Å². The number of benzene rings is 3. The summed E-state index contributed by atoms with van der Waals surface area (Å²) in [4.78, 5) is 131. The monoisotopic (exact) mass is 1650 g/mol. The van der Waals surface area contributed by atoms with Gasteiger partial charge >= 0.3 is 6.09 Å². The van der Waals surface area contributed by atoms with Crippen LogP contribution in [0.2, 0.25) is 0 Å². The van der Waals surface area contributed by atoms with Gasteiger partial charge < -0.3 is 174 Å². The predicted octanol–water partition coefficient (Wildman–Crippen LogP) is -12.2. The normalized spacial score (nSPS) is 13.2. The summed E-state index contributed by atoms with van der Waals surface area (Å²) in [5, 5.41) is 240. The molecule has 0 aliphatic carbocycles. The highest BCUT2D eigenvalue weighted by Gasteiger charge is 2.59. The van der Waals surface area contributed by atoms with E-state index in [1.165, 1.54) is 0 Å². The molecule has 0 aromatic heterocycles. The number of alkyl carbamates (subject to hydrolysis) is 1. The van der Waals surface area contributed by atoms with Crippen molar-refractivity contribution in [1.82, 2.24) is 47.9 Å². The van der Waals surface area contributed by atoms with Gasteiger partial charge in [-0.05, 0) is 53.3 Å². The number of hydrogen-bond acceptors (Lipinski definition) is 34. The SMILES string of the molecule is O=C(CCOCC(COCCCC(C(=O)NC(CO)(CO)CO)(C(=O)NC(CO)(CO)CO)C(=O)NC(CO)(CO)CO)(COCCC(C(=O)NC(CO)(CO)CO)(C(=O)NC(CO)(CO)CO)C(=O)NC(CO)(CO)CO)NC(=O)CCCCCCCNC(=O)OCc1c2ccccc2cc2ccccc12)NC(CO)(CO)CO. The van der Waals surface area contributed by atoms with Crippen LogP contribution in [-0.2, 0) is 63.9 Å². The van der Waals surface area contributed by atoms with Crippen LogP contribution in [0.4, 0.5) is 4.79 Å². The average Bonchev–Trinajstić information content (AvgIpc) is 0.759. The molecule has 0 bridgehead atoms. The number of rotatable bonds is 61. The van der Waals surface area contributed by atoms with Crippen LogP contribution in [0.25, 0.3) is 21.5 Å². The number of amides is 9. The van der Waals surface area contributed by atoms with Gasteiger partial charge in [0.05, 0.1) is 165 Å². The highest BCUT2D eigenvalue weighted by atomic mass is 16.5. The molecule has 1 atom stereocenters. The number of fused-ring (bicyclic) bond motifs is 2. The Morgan fingerprint density at radius 3 is 0.939 bits per heavy atom. The topological polar surface area (TPSA) is 724 Å². The van der Waals surface area contributed by atoms with Gasteiger partial charge in [0.15, 0.2) is 0 Å². The number of ether oxygens (including phenoxy) is 4. The summed E-state index contributed by atoms with van der Waals surface area (Å²) < 4.78 is 23.9. The van der Waals surface area contributed by atoms with E-state index in [1.807, 2.05) is 86.5 Å². The first kappa shape index (κ1) is 101. The zero-order valence-corrected chi connectivity index (χ0v) is 64.0. The summed E-state index contributed by atoms with van der Waals surface area (Å²) in [6.45, 7) is -32.0. The third-order valence-corrected chi connectivity index (χ3v) is 19.9. The highest BCUT2D eigenvalue weighted by Crippen LogP contribution is 2.33. The third-order valence-electron chi connectivity index (χ3n) is 19.9. The van der Waals surface area contributed by atoms with E-state index in [-0.39, 0.29) is 26.0 Å². The predicted molar refractivity (Wildman–Crippen MR) is 399 cm³/mol. The van der Waals surface area contributed by atoms with Crippen LogP contribution < -0.4 is 47.9 Å². The third kappa shape index (κ3) is 26.6. The Balaban J connectivity index is 2.27. The van der Waals surface area contributed by atoms with Crippen molar-refractivity contribution < 1.29 is 169 Å². The van der Waals surface area contributed by atoms with Crippen molar-refractivity contribution in [3.05, 3.63) is 60.2 Å². The average molecular weight is 1650 g/mol. The van der Waals surface area contributed by atoms with Crippen LogP contribution in [0, 0.1) is 10.8 Å². The van der Waals surface area contributed by atoms with Crippen LogP contribution in [0.1, 0.15) is 69.8 Å². The number of carbonyl (C=O) groups excluding carboxylic acids is 9. The number of nitrogens with one attached hydrogen (secondary N) is 9. The molecule has 0 aliphatic rings. The molecule has 0 saturated carbocycles. The summed E-state index contributed by atoms with van der Waals surface area (Å²) in [5.41, 5.74) is -25.5. The summed E-state index contributed by atoms with van der Waals surface area (Å²) in [7, 11) is 0. The van der Waals surface area contributed by atoms with E-state index in [2.05, 4.69) is 16.0 Å². The lowest BCUT2D eigenvalue weighted by Crippen LogP contribution is -2.71. The molecule has 43 nitrogen and oxygen atoms in total. The molecule has 0 aliphatic heterocycles.